The molecule has 1 N–H and O–H groups in total. The number of anilines is 1. The molecule has 5 heteroatoms. The average molecular weight is 331 g/mol. The van der Waals surface area contributed by atoms with Crippen molar-refractivity contribution in [3.8, 4) is 0 Å². The van der Waals surface area contributed by atoms with Crippen molar-refractivity contribution in [3.63, 3.8) is 0 Å². The number of halogens is 1. The Morgan fingerprint density at radius 2 is 2.19 bits per heavy atom. The summed E-state index contributed by atoms with van der Waals surface area (Å²) in [7, 11) is 3.85. The summed E-state index contributed by atoms with van der Waals surface area (Å²) in [5.41, 5.74) is 2.31. The molecule has 120 valence electrons. The average Bonchev–Trinajstić information content (AvgIpc) is 2.49. The summed E-state index contributed by atoms with van der Waals surface area (Å²) >= 11 is 8.29. The van der Waals surface area contributed by atoms with E-state index in [1.165, 1.54) is 5.69 Å². The predicted molar refractivity (Wildman–Crippen MR) is 95.9 cm³/mol. The van der Waals surface area contributed by atoms with E-state index in [0.717, 1.165) is 35.8 Å². The van der Waals surface area contributed by atoms with Gasteiger partial charge in [0.1, 0.15) is 0 Å². The van der Waals surface area contributed by atoms with Crippen molar-refractivity contribution in [1.82, 2.24) is 5.32 Å². The molecular weight excluding hydrogens is 304 g/mol. The molecule has 0 aromatic heterocycles. The van der Waals surface area contributed by atoms with Crippen molar-refractivity contribution in [2.45, 2.75) is 25.9 Å². The molecule has 1 atom stereocenters. The van der Waals surface area contributed by atoms with Crippen LogP contribution in [0.1, 0.15) is 18.9 Å². The van der Waals surface area contributed by atoms with Crippen LogP contribution < -0.4 is 10.2 Å². The molecule has 0 saturated carbocycles. The van der Waals surface area contributed by atoms with E-state index in [2.05, 4.69) is 48.6 Å². The van der Waals surface area contributed by atoms with Gasteiger partial charge in [-0.05, 0) is 30.4 Å². The first-order valence-electron chi connectivity index (χ1n) is 7.33. The van der Waals surface area contributed by atoms with Crippen LogP contribution in [-0.4, -0.2) is 45.4 Å². The SMILES string of the molecule is CCC(CSC)N(C)c1ccc(CNCCOC)c(Cl)c1. The van der Waals surface area contributed by atoms with E-state index in [1.54, 1.807) is 7.11 Å². The number of hydrogen-bond acceptors (Lipinski definition) is 4. The lowest BCUT2D eigenvalue weighted by Gasteiger charge is -2.29. The summed E-state index contributed by atoms with van der Waals surface area (Å²) in [4.78, 5) is 2.32. The molecule has 0 aliphatic carbocycles. The van der Waals surface area contributed by atoms with E-state index >= 15 is 0 Å². The van der Waals surface area contributed by atoms with Crippen LogP contribution in [-0.2, 0) is 11.3 Å². The fourth-order valence-electron chi connectivity index (χ4n) is 2.20. The number of thioether (sulfide) groups is 1. The maximum Gasteiger partial charge on any atom is 0.0587 e. The van der Waals surface area contributed by atoms with Crippen molar-refractivity contribution in [2.75, 3.05) is 44.2 Å². The van der Waals surface area contributed by atoms with E-state index in [4.69, 9.17) is 16.3 Å². The van der Waals surface area contributed by atoms with Gasteiger partial charge in [0.25, 0.3) is 0 Å². The van der Waals surface area contributed by atoms with Crippen LogP contribution in [0.4, 0.5) is 5.69 Å². The fourth-order valence-corrected chi connectivity index (χ4v) is 3.29. The van der Waals surface area contributed by atoms with Gasteiger partial charge in [0.05, 0.1) is 6.61 Å². The Hall–Kier alpha value is -0.420. The molecule has 1 aromatic rings. The first kappa shape index (κ1) is 18.6. The van der Waals surface area contributed by atoms with Gasteiger partial charge in [-0.25, -0.2) is 0 Å². The highest BCUT2D eigenvalue weighted by Crippen LogP contribution is 2.25. The van der Waals surface area contributed by atoms with Crippen LogP contribution in [0.2, 0.25) is 5.02 Å². The second-order valence-electron chi connectivity index (χ2n) is 5.07. The highest BCUT2D eigenvalue weighted by Gasteiger charge is 2.13. The molecule has 1 aromatic carbocycles. The Morgan fingerprint density at radius 1 is 1.43 bits per heavy atom. The predicted octanol–water partition coefficient (Wildman–Crippen LogP) is 3.65. The van der Waals surface area contributed by atoms with Gasteiger partial charge in [0, 0.05) is 49.8 Å². The zero-order chi connectivity index (χ0) is 15.7. The van der Waals surface area contributed by atoms with Crippen molar-refractivity contribution in [1.29, 1.82) is 0 Å². The lowest BCUT2D eigenvalue weighted by Crippen LogP contribution is -2.33. The first-order chi connectivity index (χ1) is 10.1. The van der Waals surface area contributed by atoms with Crippen LogP contribution in [0.3, 0.4) is 0 Å². The van der Waals surface area contributed by atoms with Gasteiger partial charge in [-0.2, -0.15) is 11.8 Å². The summed E-state index contributed by atoms with van der Waals surface area (Å²) in [6.07, 6.45) is 3.29. The molecule has 3 nitrogen and oxygen atoms in total. The van der Waals surface area contributed by atoms with Crippen LogP contribution in [0, 0.1) is 0 Å². The third kappa shape index (κ3) is 6.07. The first-order valence-corrected chi connectivity index (χ1v) is 9.11. The quantitative estimate of drug-likeness (QED) is 0.662. The molecule has 1 rings (SSSR count). The third-order valence-corrected chi connectivity index (χ3v) is 4.69. The lowest BCUT2D eigenvalue weighted by molar-refractivity contribution is 0.199. The van der Waals surface area contributed by atoms with Crippen LogP contribution >= 0.6 is 23.4 Å². The largest absolute Gasteiger partial charge is 0.383 e. The van der Waals surface area contributed by atoms with Gasteiger partial charge in [-0.3, -0.25) is 0 Å². The molecule has 0 fully saturated rings. The fraction of sp³-hybridized carbons (Fsp3) is 0.625. The van der Waals surface area contributed by atoms with E-state index in [9.17, 15) is 0 Å². The Kier molecular flexibility index (Phi) is 9.16. The third-order valence-electron chi connectivity index (χ3n) is 3.62. The second-order valence-corrected chi connectivity index (χ2v) is 6.39. The van der Waals surface area contributed by atoms with E-state index in [1.807, 2.05) is 11.8 Å². The minimum atomic E-state index is 0.543. The van der Waals surface area contributed by atoms with Crippen molar-refractivity contribution in [2.24, 2.45) is 0 Å². The topological polar surface area (TPSA) is 24.5 Å². The zero-order valence-electron chi connectivity index (χ0n) is 13.5. The Labute approximate surface area is 138 Å². The van der Waals surface area contributed by atoms with Gasteiger partial charge in [0.15, 0.2) is 0 Å². The van der Waals surface area contributed by atoms with Crippen LogP contribution in [0.15, 0.2) is 18.2 Å². The summed E-state index contributed by atoms with van der Waals surface area (Å²) in [6.45, 7) is 4.55. The van der Waals surface area contributed by atoms with Crippen LogP contribution in [0.5, 0.6) is 0 Å². The molecule has 0 aliphatic heterocycles. The molecule has 0 bridgehead atoms. The second kappa shape index (κ2) is 10.3. The standard InChI is InChI=1S/C16H27ClN2OS/c1-5-14(12-21-4)19(2)15-7-6-13(16(17)10-15)11-18-8-9-20-3/h6-7,10,14,18H,5,8-9,11-12H2,1-4H3. The molecular formula is C16H27ClN2OS. The minimum absolute atomic E-state index is 0.543. The number of methoxy groups -OCH3 is 1. The smallest absolute Gasteiger partial charge is 0.0587 e. The van der Waals surface area contributed by atoms with E-state index < -0.39 is 0 Å². The molecule has 0 amide bonds. The molecule has 21 heavy (non-hydrogen) atoms. The van der Waals surface area contributed by atoms with Crippen molar-refractivity contribution >= 4 is 29.1 Å². The van der Waals surface area contributed by atoms with Gasteiger partial charge in [-0.1, -0.05) is 24.6 Å². The number of nitrogens with one attached hydrogen (secondary N) is 1. The summed E-state index contributed by atoms with van der Waals surface area (Å²) < 4.78 is 5.02. The lowest BCUT2D eigenvalue weighted by atomic mass is 10.1. The monoisotopic (exact) mass is 330 g/mol. The highest BCUT2D eigenvalue weighted by atomic mass is 35.5. The van der Waals surface area contributed by atoms with E-state index in [0.29, 0.717) is 12.6 Å². The van der Waals surface area contributed by atoms with E-state index in [-0.39, 0.29) is 0 Å². The Bertz CT molecular complexity index is 417. The minimum Gasteiger partial charge on any atom is -0.383 e. The van der Waals surface area contributed by atoms with Gasteiger partial charge >= 0.3 is 0 Å². The van der Waals surface area contributed by atoms with Crippen LogP contribution in [0.25, 0.3) is 0 Å². The maximum atomic E-state index is 6.41. The number of rotatable bonds is 10. The number of hydrogen-bond donors (Lipinski definition) is 1. The highest BCUT2D eigenvalue weighted by molar-refractivity contribution is 7.98. The molecule has 1 unspecified atom stereocenters. The number of benzene rings is 1. The molecule has 0 radical (unpaired) electrons. The number of ether oxygens (including phenoxy) is 1. The molecule has 0 spiro atoms. The Balaban J connectivity index is 2.67. The maximum absolute atomic E-state index is 6.41. The van der Waals surface area contributed by atoms with Gasteiger partial charge in [0.2, 0.25) is 0 Å². The summed E-state index contributed by atoms with van der Waals surface area (Å²) in [5, 5.41) is 4.14. The Morgan fingerprint density at radius 3 is 2.76 bits per heavy atom. The normalized spacial score (nSPS) is 12.4. The van der Waals surface area contributed by atoms with Crippen molar-refractivity contribution in [3.05, 3.63) is 28.8 Å². The summed E-state index contributed by atoms with van der Waals surface area (Å²) in [6, 6.07) is 6.88. The van der Waals surface area contributed by atoms with Gasteiger partial charge in [-0.15, -0.1) is 0 Å². The summed E-state index contributed by atoms with van der Waals surface area (Å²) in [5.74, 6) is 1.13. The molecule has 0 heterocycles. The zero-order valence-corrected chi connectivity index (χ0v) is 15.1. The molecule has 0 saturated heterocycles. The van der Waals surface area contributed by atoms with Crippen molar-refractivity contribution < 1.29 is 4.74 Å². The van der Waals surface area contributed by atoms with Gasteiger partial charge < -0.3 is 15.0 Å². The molecule has 0 aliphatic rings. The number of nitrogens with zero attached hydrogens (tertiary/aromatic N) is 1.